The summed E-state index contributed by atoms with van der Waals surface area (Å²) >= 11 is 0. The quantitative estimate of drug-likeness (QED) is 0.602. The average molecular weight is 407 g/mol. The van der Waals surface area contributed by atoms with Gasteiger partial charge in [-0.25, -0.2) is 9.37 Å². The molecule has 0 aliphatic carbocycles. The van der Waals surface area contributed by atoms with Crippen molar-refractivity contribution < 1.29 is 14.3 Å². The van der Waals surface area contributed by atoms with Crippen LogP contribution in [-0.2, 0) is 0 Å². The Balaban J connectivity index is 1.96. The second kappa shape index (κ2) is 8.08. The molecule has 1 amide bonds. The molecule has 0 fully saturated rings. The van der Waals surface area contributed by atoms with Gasteiger partial charge in [-0.1, -0.05) is 18.2 Å². The second-order valence-electron chi connectivity index (χ2n) is 7.08. The van der Waals surface area contributed by atoms with E-state index in [0.717, 1.165) is 11.3 Å². The predicted octanol–water partition coefficient (Wildman–Crippen LogP) is 3.14. The third-order valence-electron chi connectivity index (χ3n) is 5.02. The van der Waals surface area contributed by atoms with Gasteiger partial charge in [0, 0.05) is 17.8 Å². The minimum atomic E-state index is -0.358. The van der Waals surface area contributed by atoms with Crippen molar-refractivity contribution in [1.82, 2.24) is 15.3 Å². The zero-order valence-corrected chi connectivity index (χ0v) is 16.7. The fourth-order valence-electron chi connectivity index (χ4n) is 3.57. The molecule has 30 heavy (non-hydrogen) atoms. The zero-order valence-electron chi connectivity index (χ0n) is 16.7. The number of hydrogen-bond donors (Lipinski definition) is 3. The summed E-state index contributed by atoms with van der Waals surface area (Å²) in [5, 5.41) is 15.1. The average Bonchev–Trinajstić information content (AvgIpc) is 2.73. The molecule has 1 aliphatic rings. The van der Waals surface area contributed by atoms with Gasteiger partial charge < -0.3 is 20.6 Å². The van der Waals surface area contributed by atoms with E-state index >= 15 is 0 Å². The molecule has 3 aromatic rings. The molecular weight excluding hydrogens is 385 g/mol. The number of aromatic nitrogens is 2. The number of benzene rings is 2. The van der Waals surface area contributed by atoms with E-state index in [1.807, 2.05) is 36.1 Å². The van der Waals surface area contributed by atoms with Crippen LogP contribution in [0.5, 0.6) is 0 Å². The Labute approximate surface area is 173 Å². The molecule has 8 heteroatoms. The lowest BCUT2D eigenvalue weighted by Crippen LogP contribution is -2.42. The first kappa shape index (κ1) is 19.8. The number of amides is 1. The summed E-state index contributed by atoms with van der Waals surface area (Å²) in [5.41, 5.74) is 3.98. The molecule has 2 aromatic carbocycles. The highest BCUT2D eigenvalue weighted by Crippen LogP contribution is 2.37. The van der Waals surface area contributed by atoms with Gasteiger partial charge in [0.05, 0.1) is 19.0 Å². The Morgan fingerprint density at radius 1 is 1.17 bits per heavy atom. The van der Waals surface area contributed by atoms with Crippen molar-refractivity contribution in [2.24, 2.45) is 0 Å². The topological polar surface area (TPSA) is 90.4 Å². The summed E-state index contributed by atoms with van der Waals surface area (Å²) in [4.78, 5) is 23.9. The van der Waals surface area contributed by atoms with Crippen LogP contribution in [0, 0.1) is 19.7 Å². The summed E-state index contributed by atoms with van der Waals surface area (Å²) in [6.07, 6.45) is 0. The van der Waals surface area contributed by atoms with Crippen molar-refractivity contribution in [3.8, 4) is 11.3 Å². The number of hydrogen-bond acceptors (Lipinski definition) is 6. The van der Waals surface area contributed by atoms with E-state index in [1.54, 1.807) is 13.0 Å². The number of carbonyl (C=O) groups excluding carboxylic acids is 1. The van der Waals surface area contributed by atoms with Gasteiger partial charge in [0.25, 0.3) is 5.91 Å². The smallest absolute Gasteiger partial charge is 0.258 e. The summed E-state index contributed by atoms with van der Waals surface area (Å²) in [6, 6.07) is 12.2. The first-order valence-corrected chi connectivity index (χ1v) is 9.64. The van der Waals surface area contributed by atoms with Crippen molar-refractivity contribution >= 4 is 23.4 Å². The number of nitrogens with one attached hydrogen (secondary N) is 2. The molecular formula is C22H22FN5O2. The number of para-hydroxylation sites is 1. The summed E-state index contributed by atoms with van der Waals surface area (Å²) in [5.74, 6) is 0.100. The van der Waals surface area contributed by atoms with Gasteiger partial charge in [0.2, 0.25) is 5.95 Å². The Kier molecular flexibility index (Phi) is 5.33. The van der Waals surface area contributed by atoms with Crippen molar-refractivity contribution in [1.29, 1.82) is 0 Å². The Hall–Kier alpha value is -3.52. The summed E-state index contributed by atoms with van der Waals surface area (Å²) < 4.78 is 13.7. The molecule has 7 nitrogen and oxygen atoms in total. The summed E-state index contributed by atoms with van der Waals surface area (Å²) in [6.45, 7) is 4.19. The highest BCUT2D eigenvalue weighted by molar-refractivity contribution is 6.07. The first-order valence-electron chi connectivity index (χ1n) is 9.64. The number of fused-ring (bicyclic) bond motifs is 1. The van der Waals surface area contributed by atoms with Gasteiger partial charge in [-0.05, 0) is 49.2 Å². The number of aliphatic hydroxyl groups excluding tert-OH is 1. The van der Waals surface area contributed by atoms with Crippen LogP contribution >= 0.6 is 0 Å². The first-order chi connectivity index (χ1) is 14.5. The zero-order chi connectivity index (χ0) is 21.3. The minimum absolute atomic E-state index is 0.0899. The number of nitrogens with zero attached hydrogens (tertiary/aromatic N) is 3. The molecule has 0 radical (unpaired) electrons. The van der Waals surface area contributed by atoms with E-state index < -0.39 is 0 Å². The molecule has 0 unspecified atom stereocenters. The van der Waals surface area contributed by atoms with E-state index in [1.165, 1.54) is 12.1 Å². The fraction of sp³-hybridized carbons (Fsp3) is 0.227. The Morgan fingerprint density at radius 2 is 1.97 bits per heavy atom. The van der Waals surface area contributed by atoms with Crippen molar-refractivity contribution in [2.45, 2.75) is 13.8 Å². The molecule has 4 rings (SSSR count). The lowest BCUT2D eigenvalue weighted by atomic mass is 9.99. The molecule has 2 heterocycles. The molecule has 0 saturated carbocycles. The van der Waals surface area contributed by atoms with Crippen LogP contribution in [0.25, 0.3) is 11.3 Å². The van der Waals surface area contributed by atoms with Gasteiger partial charge in [0.1, 0.15) is 11.4 Å². The Bertz CT molecular complexity index is 1120. The molecule has 0 saturated heterocycles. The lowest BCUT2D eigenvalue weighted by molar-refractivity contribution is 0.0949. The van der Waals surface area contributed by atoms with Crippen LogP contribution < -0.4 is 15.5 Å². The van der Waals surface area contributed by atoms with Gasteiger partial charge in [-0.3, -0.25) is 4.79 Å². The molecule has 1 aliphatic heterocycles. The molecule has 0 bridgehead atoms. The SMILES string of the molecule is Cc1cc(F)ccc1-c1nc(NCCO)nc2c1C(=O)NCN2c1ccccc1C. The van der Waals surface area contributed by atoms with Crippen LogP contribution in [0.1, 0.15) is 21.5 Å². The molecule has 3 N–H and O–H groups in total. The number of rotatable bonds is 5. The molecule has 0 atom stereocenters. The van der Waals surface area contributed by atoms with Gasteiger partial charge >= 0.3 is 0 Å². The van der Waals surface area contributed by atoms with E-state index in [0.29, 0.717) is 28.2 Å². The highest BCUT2D eigenvalue weighted by Gasteiger charge is 2.31. The lowest BCUT2D eigenvalue weighted by Gasteiger charge is -2.32. The van der Waals surface area contributed by atoms with E-state index in [-0.39, 0.29) is 37.5 Å². The number of halogens is 1. The van der Waals surface area contributed by atoms with E-state index in [2.05, 4.69) is 20.6 Å². The summed E-state index contributed by atoms with van der Waals surface area (Å²) in [7, 11) is 0. The number of carbonyl (C=O) groups is 1. The molecule has 0 spiro atoms. The van der Waals surface area contributed by atoms with Gasteiger partial charge in [0.15, 0.2) is 5.82 Å². The highest BCUT2D eigenvalue weighted by atomic mass is 19.1. The minimum Gasteiger partial charge on any atom is -0.395 e. The number of aryl methyl sites for hydroxylation is 2. The predicted molar refractivity (Wildman–Crippen MR) is 113 cm³/mol. The largest absolute Gasteiger partial charge is 0.395 e. The maximum absolute atomic E-state index is 13.7. The third-order valence-corrected chi connectivity index (χ3v) is 5.02. The van der Waals surface area contributed by atoms with Crippen molar-refractivity contribution in [3.63, 3.8) is 0 Å². The van der Waals surface area contributed by atoms with Crippen LogP contribution in [0.2, 0.25) is 0 Å². The van der Waals surface area contributed by atoms with Gasteiger partial charge in [-0.15, -0.1) is 0 Å². The Morgan fingerprint density at radius 3 is 2.70 bits per heavy atom. The standard InChI is InChI=1S/C22H22FN5O2/c1-13-5-3-4-6-17(13)28-12-25-21(30)18-19(16-8-7-15(23)11-14(16)2)26-22(24-9-10-29)27-20(18)28/h3-8,11,29H,9-10,12H2,1-2H3,(H,25,30)(H,24,26,27). The van der Waals surface area contributed by atoms with Crippen molar-refractivity contribution in [2.75, 3.05) is 30.0 Å². The maximum Gasteiger partial charge on any atom is 0.258 e. The molecule has 1 aromatic heterocycles. The second-order valence-corrected chi connectivity index (χ2v) is 7.08. The van der Waals surface area contributed by atoms with Crippen LogP contribution in [0.4, 0.5) is 21.8 Å². The van der Waals surface area contributed by atoms with E-state index in [4.69, 9.17) is 0 Å². The number of aliphatic hydroxyl groups is 1. The monoisotopic (exact) mass is 407 g/mol. The van der Waals surface area contributed by atoms with Crippen LogP contribution in [0.15, 0.2) is 42.5 Å². The van der Waals surface area contributed by atoms with Crippen LogP contribution in [0.3, 0.4) is 0 Å². The van der Waals surface area contributed by atoms with Crippen LogP contribution in [-0.4, -0.2) is 40.8 Å². The normalized spacial score (nSPS) is 13.1. The molecule has 154 valence electrons. The maximum atomic E-state index is 13.7. The van der Waals surface area contributed by atoms with Gasteiger partial charge in [-0.2, -0.15) is 4.98 Å². The third kappa shape index (κ3) is 3.57. The van der Waals surface area contributed by atoms with E-state index in [9.17, 15) is 14.3 Å². The number of anilines is 3. The fourth-order valence-corrected chi connectivity index (χ4v) is 3.57. The van der Waals surface area contributed by atoms with Crippen molar-refractivity contribution in [3.05, 3.63) is 65.0 Å².